The Kier molecular flexibility index (Phi) is 3.06. The first kappa shape index (κ1) is 10.9. The van der Waals surface area contributed by atoms with Crippen molar-refractivity contribution in [2.24, 2.45) is 5.73 Å². The molecule has 1 aromatic heterocycles. The molecule has 0 atom stereocenters. The fourth-order valence-electron chi connectivity index (χ4n) is 1.83. The van der Waals surface area contributed by atoms with Gasteiger partial charge in [-0.25, -0.2) is 4.79 Å². The lowest BCUT2D eigenvalue weighted by Gasteiger charge is -2.03. The van der Waals surface area contributed by atoms with Gasteiger partial charge in [-0.3, -0.25) is 0 Å². The smallest absolute Gasteiger partial charge is 0.336 e. The van der Waals surface area contributed by atoms with Gasteiger partial charge in [0.1, 0.15) is 5.58 Å². The molecule has 3 nitrogen and oxygen atoms in total. The van der Waals surface area contributed by atoms with E-state index >= 15 is 0 Å². The summed E-state index contributed by atoms with van der Waals surface area (Å²) in [6.07, 6.45) is 1.87. The van der Waals surface area contributed by atoms with Crippen LogP contribution >= 0.6 is 0 Å². The van der Waals surface area contributed by atoms with E-state index in [0.717, 1.165) is 29.4 Å². The van der Waals surface area contributed by atoms with E-state index in [1.54, 1.807) is 0 Å². The predicted octanol–water partition coefficient (Wildman–Crippen LogP) is 1.99. The second-order valence-corrected chi connectivity index (χ2v) is 3.97. The van der Waals surface area contributed by atoms with Gasteiger partial charge in [-0.1, -0.05) is 12.1 Å². The molecule has 0 saturated carbocycles. The first-order valence-corrected chi connectivity index (χ1v) is 5.44. The Labute approximate surface area is 93.9 Å². The quantitative estimate of drug-likeness (QED) is 0.800. The summed E-state index contributed by atoms with van der Waals surface area (Å²) in [5, 5.41) is 0.996. The molecule has 0 amide bonds. The van der Waals surface area contributed by atoms with Crippen molar-refractivity contribution in [2.45, 2.75) is 19.8 Å². The van der Waals surface area contributed by atoms with Gasteiger partial charge in [0.2, 0.25) is 0 Å². The van der Waals surface area contributed by atoms with Crippen molar-refractivity contribution in [3.63, 3.8) is 0 Å². The molecule has 0 saturated heterocycles. The average molecular weight is 217 g/mol. The maximum Gasteiger partial charge on any atom is 0.336 e. The van der Waals surface area contributed by atoms with Gasteiger partial charge in [-0.05, 0) is 43.5 Å². The van der Waals surface area contributed by atoms with Crippen LogP contribution in [0.2, 0.25) is 0 Å². The van der Waals surface area contributed by atoms with Crippen LogP contribution in [0.4, 0.5) is 0 Å². The van der Waals surface area contributed by atoms with Crippen molar-refractivity contribution >= 4 is 11.0 Å². The standard InChI is InChI=1S/C13H15NO2/c1-9-7-13(15)16-12-8-10(3-2-6-14)4-5-11(9)12/h4-5,7-8H,2-3,6,14H2,1H3. The molecule has 2 aromatic rings. The van der Waals surface area contributed by atoms with Gasteiger partial charge in [0.25, 0.3) is 0 Å². The summed E-state index contributed by atoms with van der Waals surface area (Å²) >= 11 is 0. The maximum absolute atomic E-state index is 11.2. The summed E-state index contributed by atoms with van der Waals surface area (Å²) in [6.45, 7) is 2.59. The van der Waals surface area contributed by atoms with Crippen LogP contribution in [0.15, 0.2) is 33.5 Å². The third-order valence-corrected chi connectivity index (χ3v) is 2.69. The zero-order chi connectivity index (χ0) is 11.5. The SMILES string of the molecule is Cc1cc(=O)oc2cc(CCCN)ccc12. The summed E-state index contributed by atoms with van der Waals surface area (Å²) in [6, 6.07) is 7.51. The number of hydrogen-bond donors (Lipinski definition) is 1. The van der Waals surface area contributed by atoms with Crippen LogP contribution in [0.25, 0.3) is 11.0 Å². The van der Waals surface area contributed by atoms with Crippen LogP contribution in [0.3, 0.4) is 0 Å². The number of nitrogens with two attached hydrogens (primary N) is 1. The number of fused-ring (bicyclic) bond motifs is 1. The third-order valence-electron chi connectivity index (χ3n) is 2.69. The van der Waals surface area contributed by atoms with E-state index in [2.05, 4.69) is 6.07 Å². The molecule has 0 fully saturated rings. The minimum Gasteiger partial charge on any atom is -0.423 e. The first-order valence-electron chi connectivity index (χ1n) is 5.44. The Morgan fingerprint density at radius 3 is 2.88 bits per heavy atom. The molecule has 1 aromatic carbocycles. The van der Waals surface area contributed by atoms with E-state index in [9.17, 15) is 4.79 Å². The van der Waals surface area contributed by atoms with Gasteiger partial charge in [0.15, 0.2) is 0 Å². The van der Waals surface area contributed by atoms with Crippen molar-refractivity contribution in [1.29, 1.82) is 0 Å². The van der Waals surface area contributed by atoms with Crippen molar-refractivity contribution in [1.82, 2.24) is 0 Å². The van der Waals surface area contributed by atoms with E-state index in [4.69, 9.17) is 10.2 Å². The van der Waals surface area contributed by atoms with Crippen molar-refractivity contribution in [2.75, 3.05) is 6.54 Å². The van der Waals surface area contributed by atoms with Gasteiger partial charge >= 0.3 is 5.63 Å². The average Bonchev–Trinajstić information content (AvgIpc) is 2.25. The number of benzene rings is 1. The Morgan fingerprint density at radius 2 is 2.12 bits per heavy atom. The third kappa shape index (κ3) is 2.14. The summed E-state index contributed by atoms with van der Waals surface area (Å²) in [4.78, 5) is 11.2. The van der Waals surface area contributed by atoms with Crippen LogP contribution in [-0.4, -0.2) is 6.54 Å². The van der Waals surface area contributed by atoms with E-state index in [0.29, 0.717) is 12.1 Å². The highest BCUT2D eigenvalue weighted by atomic mass is 16.4. The predicted molar refractivity (Wildman–Crippen MR) is 64.6 cm³/mol. The van der Waals surface area contributed by atoms with Gasteiger partial charge in [-0.2, -0.15) is 0 Å². The zero-order valence-electron chi connectivity index (χ0n) is 9.32. The van der Waals surface area contributed by atoms with Crippen molar-refractivity contribution in [3.05, 3.63) is 45.8 Å². The summed E-state index contributed by atoms with van der Waals surface area (Å²) in [7, 11) is 0. The molecule has 0 radical (unpaired) electrons. The minimum atomic E-state index is -0.291. The van der Waals surface area contributed by atoms with Crippen LogP contribution in [0.5, 0.6) is 0 Å². The molecule has 2 rings (SSSR count). The highest BCUT2D eigenvalue weighted by molar-refractivity contribution is 5.80. The molecular formula is C13H15NO2. The van der Waals surface area contributed by atoms with E-state index in [1.165, 1.54) is 6.07 Å². The van der Waals surface area contributed by atoms with Crippen molar-refractivity contribution < 1.29 is 4.42 Å². The Balaban J connectivity index is 2.49. The lowest BCUT2D eigenvalue weighted by Crippen LogP contribution is -2.01. The van der Waals surface area contributed by atoms with Crippen LogP contribution in [-0.2, 0) is 6.42 Å². The topological polar surface area (TPSA) is 56.2 Å². The molecule has 84 valence electrons. The van der Waals surface area contributed by atoms with Gasteiger partial charge in [-0.15, -0.1) is 0 Å². The van der Waals surface area contributed by atoms with Crippen LogP contribution in [0.1, 0.15) is 17.5 Å². The fourth-order valence-corrected chi connectivity index (χ4v) is 1.83. The molecular weight excluding hydrogens is 202 g/mol. The first-order chi connectivity index (χ1) is 7.70. The van der Waals surface area contributed by atoms with Crippen LogP contribution in [0, 0.1) is 6.92 Å². The molecule has 0 spiro atoms. The highest BCUT2D eigenvalue weighted by Crippen LogP contribution is 2.18. The molecule has 0 aliphatic heterocycles. The van der Waals surface area contributed by atoms with E-state index < -0.39 is 0 Å². The zero-order valence-corrected chi connectivity index (χ0v) is 9.32. The number of aryl methyl sites for hydroxylation is 2. The molecule has 2 N–H and O–H groups in total. The Hall–Kier alpha value is -1.61. The minimum absolute atomic E-state index is 0.291. The molecule has 0 aliphatic rings. The van der Waals surface area contributed by atoms with Crippen LogP contribution < -0.4 is 11.4 Å². The summed E-state index contributed by atoms with van der Waals surface area (Å²) in [5.41, 5.74) is 7.95. The molecule has 0 unspecified atom stereocenters. The van der Waals surface area contributed by atoms with Gasteiger partial charge in [0.05, 0.1) is 0 Å². The fraction of sp³-hybridized carbons (Fsp3) is 0.308. The largest absolute Gasteiger partial charge is 0.423 e. The van der Waals surface area contributed by atoms with Gasteiger partial charge in [0, 0.05) is 11.5 Å². The van der Waals surface area contributed by atoms with Crippen molar-refractivity contribution in [3.8, 4) is 0 Å². The molecule has 0 bridgehead atoms. The lowest BCUT2D eigenvalue weighted by atomic mass is 10.1. The monoisotopic (exact) mass is 217 g/mol. The molecule has 1 heterocycles. The molecule has 0 aliphatic carbocycles. The second-order valence-electron chi connectivity index (χ2n) is 3.97. The second kappa shape index (κ2) is 4.49. The summed E-state index contributed by atoms with van der Waals surface area (Å²) in [5.74, 6) is 0. The molecule has 3 heteroatoms. The number of rotatable bonds is 3. The van der Waals surface area contributed by atoms with E-state index in [1.807, 2.05) is 19.1 Å². The van der Waals surface area contributed by atoms with Gasteiger partial charge < -0.3 is 10.2 Å². The number of hydrogen-bond acceptors (Lipinski definition) is 3. The maximum atomic E-state index is 11.2. The Bertz CT molecular complexity index is 557. The van der Waals surface area contributed by atoms with E-state index in [-0.39, 0.29) is 5.63 Å². The molecule has 16 heavy (non-hydrogen) atoms. The highest BCUT2D eigenvalue weighted by Gasteiger charge is 2.02. The Morgan fingerprint density at radius 1 is 1.31 bits per heavy atom. The lowest BCUT2D eigenvalue weighted by molar-refractivity contribution is 0.559. The summed E-state index contributed by atoms with van der Waals surface area (Å²) < 4.78 is 5.18. The normalized spacial score (nSPS) is 10.9.